The van der Waals surface area contributed by atoms with Crippen LogP contribution in [-0.2, 0) is 11.0 Å². The standard InChI is InChI=1S/C12H14BrF3N2O/c1-11(2,6-17)10(19)18-7-3-4-9(13)8(5-7)12(14,15)16/h3-5H,6,17H2,1-2H3,(H,18,19). The van der Waals surface area contributed by atoms with Crippen molar-refractivity contribution in [3.8, 4) is 0 Å². The van der Waals surface area contributed by atoms with Crippen molar-refractivity contribution in [1.29, 1.82) is 0 Å². The number of carbonyl (C=O) groups excluding carboxylic acids is 1. The van der Waals surface area contributed by atoms with E-state index in [-0.39, 0.29) is 16.7 Å². The summed E-state index contributed by atoms with van der Waals surface area (Å²) in [5.41, 5.74) is 3.84. The van der Waals surface area contributed by atoms with E-state index in [1.54, 1.807) is 13.8 Å². The number of benzene rings is 1. The van der Waals surface area contributed by atoms with Crippen molar-refractivity contribution >= 4 is 27.5 Å². The van der Waals surface area contributed by atoms with E-state index >= 15 is 0 Å². The Morgan fingerprint density at radius 1 is 1.37 bits per heavy atom. The van der Waals surface area contributed by atoms with Crippen LogP contribution in [-0.4, -0.2) is 12.5 Å². The fourth-order valence-corrected chi connectivity index (χ4v) is 1.68. The number of anilines is 1. The topological polar surface area (TPSA) is 55.1 Å². The van der Waals surface area contributed by atoms with Gasteiger partial charge in [-0.3, -0.25) is 4.79 Å². The van der Waals surface area contributed by atoms with Crippen molar-refractivity contribution in [1.82, 2.24) is 0 Å². The predicted molar refractivity (Wildman–Crippen MR) is 70.6 cm³/mol. The van der Waals surface area contributed by atoms with Crippen molar-refractivity contribution in [3.05, 3.63) is 28.2 Å². The van der Waals surface area contributed by atoms with Crippen molar-refractivity contribution in [2.45, 2.75) is 20.0 Å². The molecule has 0 spiro atoms. The van der Waals surface area contributed by atoms with E-state index in [4.69, 9.17) is 5.73 Å². The smallest absolute Gasteiger partial charge is 0.329 e. The van der Waals surface area contributed by atoms with Gasteiger partial charge in [-0.1, -0.05) is 15.9 Å². The van der Waals surface area contributed by atoms with Crippen LogP contribution in [0.1, 0.15) is 19.4 Å². The van der Waals surface area contributed by atoms with Gasteiger partial charge in [0.1, 0.15) is 0 Å². The Balaban J connectivity index is 3.02. The lowest BCUT2D eigenvalue weighted by atomic mass is 9.92. The maximum Gasteiger partial charge on any atom is 0.417 e. The Bertz CT molecular complexity index is 486. The number of hydrogen-bond acceptors (Lipinski definition) is 2. The van der Waals surface area contributed by atoms with Crippen LogP contribution in [0.25, 0.3) is 0 Å². The fraction of sp³-hybridized carbons (Fsp3) is 0.417. The fourth-order valence-electron chi connectivity index (χ4n) is 1.21. The van der Waals surface area contributed by atoms with Crippen LogP contribution in [0.2, 0.25) is 0 Å². The first-order valence-electron chi connectivity index (χ1n) is 5.46. The molecule has 7 heteroatoms. The van der Waals surface area contributed by atoms with Crippen molar-refractivity contribution in [2.75, 3.05) is 11.9 Å². The largest absolute Gasteiger partial charge is 0.417 e. The van der Waals surface area contributed by atoms with Gasteiger partial charge in [-0.25, -0.2) is 0 Å². The summed E-state index contributed by atoms with van der Waals surface area (Å²) < 4.78 is 38.0. The molecular weight excluding hydrogens is 325 g/mol. The highest BCUT2D eigenvalue weighted by Gasteiger charge is 2.33. The molecule has 3 N–H and O–H groups in total. The molecule has 106 valence electrons. The average Bonchev–Trinajstić information content (AvgIpc) is 2.30. The molecule has 1 aromatic rings. The van der Waals surface area contributed by atoms with Crippen LogP contribution in [0.5, 0.6) is 0 Å². The quantitative estimate of drug-likeness (QED) is 0.887. The van der Waals surface area contributed by atoms with Crippen LogP contribution in [0, 0.1) is 5.41 Å². The third kappa shape index (κ3) is 3.94. The number of halogens is 4. The molecule has 0 aliphatic heterocycles. The zero-order valence-electron chi connectivity index (χ0n) is 10.4. The third-order valence-corrected chi connectivity index (χ3v) is 3.35. The molecule has 1 amide bonds. The second kappa shape index (κ2) is 5.50. The summed E-state index contributed by atoms with van der Waals surface area (Å²) in [5.74, 6) is -0.426. The van der Waals surface area contributed by atoms with Crippen molar-refractivity contribution in [3.63, 3.8) is 0 Å². The summed E-state index contributed by atoms with van der Waals surface area (Å²) in [4.78, 5) is 11.8. The molecule has 0 heterocycles. The molecule has 3 nitrogen and oxygen atoms in total. The van der Waals surface area contributed by atoms with Crippen LogP contribution in [0.15, 0.2) is 22.7 Å². The highest BCUT2D eigenvalue weighted by atomic mass is 79.9. The monoisotopic (exact) mass is 338 g/mol. The minimum Gasteiger partial charge on any atom is -0.329 e. The predicted octanol–water partition coefficient (Wildman–Crippen LogP) is 3.39. The van der Waals surface area contributed by atoms with Gasteiger partial charge in [-0.05, 0) is 32.0 Å². The van der Waals surface area contributed by atoms with E-state index in [0.29, 0.717) is 0 Å². The first kappa shape index (κ1) is 16.0. The molecule has 0 aromatic heterocycles. The molecule has 0 atom stereocenters. The Kier molecular flexibility index (Phi) is 4.63. The zero-order valence-corrected chi connectivity index (χ0v) is 12.0. The number of hydrogen-bond donors (Lipinski definition) is 2. The van der Waals surface area contributed by atoms with Gasteiger partial charge in [0.2, 0.25) is 5.91 Å². The first-order valence-corrected chi connectivity index (χ1v) is 6.25. The molecule has 0 aliphatic carbocycles. The van der Waals surface area contributed by atoms with Gasteiger partial charge in [-0.2, -0.15) is 13.2 Å². The summed E-state index contributed by atoms with van der Waals surface area (Å²) in [6.07, 6.45) is -4.48. The highest BCUT2D eigenvalue weighted by molar-refractivity contribution is 9.10. The summed E-state index contributed by atoms with van der Waals surface area (Å²) in [6, 6.07) is 3.52. The molecule has 0 bridgehead atoms. The molecule has 0 saturated carbocycles. The molecule has 1 rings (SSSR count). The number of rotatable bonds is 3. The van der Waals surface area contributed by atoms with Crippen molar-refractivity contribution in [2.24, 2.45) is 11.1 Å². The van der Waals surface area contributed by atoms with Gasteiger partial charge in [0.05, 0.1) is 11.0 Å². The van der Waals surface area contributed by atoms with E-state index in [2.05, 4.69) is 21.2 Å². The lowest BCUT2D eigenvalue weighted by Gasteiger charge is -2.21. The highest BCUT2D eigenvalue weighted by Crippen LogP contribution is 2.36. The Labute approximate surface area is 117 Å². The second-order valence-corrected chi connectivity index (χ2v) is 5.59. The summed E-state index contributed by atoms with van der Waals surface area (Å²) in [7, 11) is 0. The molecule has 0 unspecified atom stereocenters. The van der Waals surface area contributed by atoms with Gasteiger partial charge in [0.15, 0.2) is 0 Å². The van der Waals surface area contributed by atoms with E-state index < -0.39 is 23.1 Å². The Morgan fingerprint density at radius 2 is 1.95 bits per heavy atom. The van der Waals surface area contributed by atoms with Crippen LogP contribution in [0.4, 0.5) is 18.9 Å². The molecule has 0 fully saturated rings. The third-order valence-electron chi connectivity index (χ3n) is 2.65. The average molecular weight is 339 g/mol. The van der Waals surface area contributed by atoms with E-state index in [0.717, 1.165) is 6.07 Å². The minimum absolute atomic E-state index is 0.0731. The molecule has 0 aliphatic rings. The van der Waals surface area contributed by atoms with Crippen LogP contribution < -0.4 is 11.1 Å². The zero-order chi connectivity index (χ0) is 14.8. The van der Waals surface area contributed by atoms with Crippen LogP contribution in [0.3, 0.4) is 0 Å². The lowest BCUT2D eigenvalue weighted by molar-refractivity contribution is -0.138. The maximum absolute atomic E-state index is 12.7. The van der Waals surface area contributed by atoms with Gasteiger partial charge in [-0.15, -0.1) is 0 Å². The minimum atomic E-state index is -4.48. The van der Waals surface area contributed by atoms with Gasteiger partial charge >= 0.3 is 6.18 Å². The van der Waals surface area contributed by atoms with Gasteiger partial charge in [0.25, 0.3) is 0 Å². The molecule has 1 aromatic carbocycles. The number of alkyl halides is 3. The molecule has 0 saturated heterocycles. The van der Waals surface area contributed by atoms with Crippen LogP contribution >= 0.6 is 15.9 Å². The summed E-state index contributed by atoms with van der Waals surface area (Å²) in [6.45, 7) is 3.33. The van der Waals surface area contributed by atoms with Gasteiger partial charge in [0, 0.05) is 16.7 Å². The first-order chi connectivity index (χ1) is 8.58. The normalized spacial score (nSPS) is 12.4. The molecular formula is C12H14BrF3N2O. The number of nitrogens with one attached hydrogen (secondary N) is 1. The van der Waals surface area contributed by atoms with E-state index in [1.807, 2.05) is 0 Å². The summed E-state index contributed by atoms with van der Waals surface area (Å²) >= 11 is 2.83. The Hall–Kier alpha value is -1.08. The lowest BCUT2D eigenvalue weighted by Crippen LogP contribution is -2.37. The molecule has 0 radical (unpaired) electrons. The van der Waals surface area contributed by atoms with E-state index in [1.165, 1.54) is 12.1 Å². The number of carbonyl (C=O) groups is 1. The van der Waals surface area contributed by atoms with E-state index in [9.17, 15) is 18.0 Å². The maximum atomic E-state index is 12.7. The second-order valence-electron chi connectivity index (χ2n) is 4.73. The molecule has 19 heavy (non-hydrogen) atoms. The van der Waals surface area contributed by atoms with Gasteiger partial charge < -0.3 is 11.1 Å². The van der Waals surface area contributed by atoms with Crippen molar-refractivity contribution < 1.29 is 18.0 Å². The number of amides is 1. The number of nitrogens with two attached hydrogens (primary N) is 1. The SMILES string of the molecule is CC(C)(CN)C(=O)Nc1ccc(Br)c(C(F)(F)F)c1. The Morgan fingerprint density at radius 3 is 2.42 bits per heavy atom. The summed E-state index contributed by atoms with van der Waals surface area (Å²) in [5, 5.41) is 2.43.